The Morgan fingerprint density at radius 1 is 1.50 bits per heavy atom. The predicted molar refractivity (Wildman–Crippen MR) is 57.8 cm³/mol. The average Bonchev–Trinajstić information content (AvgIpc) is 2.73. The Labute approximate surface area is 104 Å². The van der Waals surface area contributed by atoms with Crippen LogP contribution in [-0.2, 0) is 9.53 Å². The molecule has 18 heavy (non-hydrogen) atoms. The lowest BCUT2D eigenvalue weighted by atomic mass is 10.0. The molecule has 1 N–H and O–H groups in total. The molecular formula is C11H18F3NO3. The van der Waals surface area contributed by atoms with Gasteiger partial charge >= 0.3 is 6.18 Å². The fourth-order valence-electron chi connectivity index (χ4n) is 1.93. The minimum Gasteiger partial charge on any atom is -0.393 e. The van der Waals surface area contributed by atoms with E-state index < -0.39 is 30.9 Å². The monoisotopic (exact) mass is 269 g/mol. The molecule has 7 heteroatoms. The maximum atomic E-state index is 11.9. The molecule has 1 rings (SSSR count). The van der Waals surface area contributed by atoms with E-state index in [0.29, 0.717) is 19.5 Å². The summed E-state index contributed by atoms with van der Waals surface area (Å²) in [7, 11) is 0. The van der Waals surface area contributed by atoms with Gasteiger partial charge in [-0.2, -0.15) is 13.2 Å². The molecule has 1 heterocycles. The fourth-order valence-corrected chi connectivity index (χ4v) is 1.93. The number of amides is 1. The third kappa shape index (κ3) is 4.45. The number of alkyl halides is 3. The minimum absolute atomic E-state index is 0.0104. The fraction of sp³-hybridized carbons (Fsp3) is 0.909. The van der Waals surface area contributed by atoms with E-state index in [-0.39, 0.29) is 5.92 Å². The lowest BCUT2D eigenvalue weighted by Gasteiger charge is -2.22. The summed E-state index contributed by atoms with van der Waals surface area (Å²) in [6.07, 6.45) is -5.40. The van der Waals surface area contributed by atoms with E-state index in [1.54, 1.807) is 6.92 Å². The first-order valence-corrected chi connectivity index (χ1v) is 5.86. The summed E-state index contributed by atoms with van der Waals surface area (Å²) in [5.74, 6) is -0.467. The number of aliphatic hydroxyl groups excluding tert-OH is 1. The molecule has 0 aromatic heterocycles. The number of carbonyl (C=O) groups is 1. The van der Waals surface area contributed by atoms with Crippen LogP contribution in [0, 0.1) is 5.92 Å². The van der Waals surface area contributed by atoms with Crippen molar-refractivity contribution < 1.29 is 27.8 Å². The van der Waals surface area contributed by atoms with Crippen molar-refractivity contribution in [2.45, 2.75) is 38.7 Å². The van der Waals surface area contributed by atoms with E-state index in [1.807, 2.05) is 0 Å². The number of hydrogen-bond acceptors (Lipinski definition) is 3. The molecule has 106 valence electrons. The van der Waals surface area contributed by atoms with Crippen molar-refractivity contribution in [3.8, 4) is 0 Å². The van der Waals surface area contributed by atoms with Gasteiger partial charge in [-0.15, -0.1) is 0 Å². The van der Waals surface area contributed by atoms with Gasteiger partial charge in [-0.1, -0.05) is 0 Å². The van der Waals surface area contributed by atoms with Gasteiger partial charge < -0.3 is 14.7 Å². The van der Waals surface area contributed by atoms with Crippen LogP contribution in [0.2, 0.25) is 0 Å². The molecule has 1 saturated heterocycles. The third-order valence-electron chi connectivity index (χ3n) is 3.06. The summed E-state index contributed by atoms with van der Waals surface area (Å²) < 4.78 is 40.3. The second kappa shape index (κ2) is 5.88. The molecule has 0 aromatic rings. The number of carbonyl (C=O) groups excluding carboxylic acids is 1. The number of rotatable bonds is 4. The van der Waals surface area contributed by atoms with E-state index in [2.05, 4.69) is 4.74 Å². The summed E-state index contributed by atoms with van der Waals surface area (Å²) in [6, 6.07) is 0. The van der Waals surface area contributed by atoms with Gasteiger partial charge in [0.1, 0.15) is 12.7 Å². The summed E-state index contributed by atoms with van der Waals surface area (Å²) in [4.78, 5) is 13.2. The lowest BCUT2D eigenvalue weighted by molar-refractivity contribution is -0.188. The molecule has 3 unspecified atom stereocenters. The standard InChI is InChI=1S/C11H18F3NO3/c1-7(16)9-3-4-15(5-9)10(17)8(2)18-6-11(12,13)14/h7-9,16H,3-6H2,1-2H3. The SMILES string of the molecule is CC(OCC(F)(F)F)C(=O)N1CCC(C(C)O)C1. The van der Waals surface area contributed by atoms with Crippen LogP contribution in [0.3, 0.4) is 0 Å². The number of ether oxygens (including phenoxy) is 1. The molecule has 1 amide bonds. The van der Waals surface area contributed by atoms with Gasteiger partial charge in [-0.3, -0.25) is 4.79 Å². The Bertz CT molecular complexity index is 294. The smallest absolute Gasteiger partial charge is 0.393 e. The zero-order valence-electron chi connectivity index (χ0n) is 10.4. The van der Waals surface area contributed by atoms with Gasteiger partial charge in [0.05, 0.1) is 6.10 Å². The quantitative estimate of drug-likeness (QED) is 0.834. The van der Waals surface area contributed by atoms with Crippen LogP contribution in [0.25, 0.3) is 0 Å². The van der Waals surface area contributed by atoms with Crippen molar-refractivity contribution in [3.63, 3.8) is 0 Å². The summed E-state index contributed by atoms with van der Waals surface area (Å²) in [5.41, 5.74) is 0. The predicted octanol–water partition coefficient (Wildman–Crippen LogP) is 1.18. The first-order chi connectivity index (χ1) is 8.20. The second-order valence-electron chi connectivity index (χ2n) is 4.64. The van der Waals surface area contributed by atoms with E-state index in [9.17, 15) is 23.1 Å². The Morgan fingerprint density at radius 2 is 2.11 bits per heavy atom. The average molecular weight is 269 g/mol. The molecule has 3 atom stereocenters. The lowest BCUT2D eigenvalue weighted by Crippen LogP contribution is -2.39. The van der Waals surface area contributed by atoms with E-state index in [0.717, 1.165) is 0 Å². The first-order valence-electron chi connectivity index (χ1n) is 5.86. The van der Waals surface area contributed by atoms with E-state index >= 15 is 0 Å². The van der Waals surface area contributed by atoms with Crippen molar-refractivity contribution in [1.29, 1.82) is 0 Å². The van der Waals surface area contributed by atoms with Gasteiger partial charge in [-0.25, -0.2) is 0 Å². The summed E-state index contributed by atoms with van der Waals surface area (Å²) in [6.45, 7) is 2.35. The Morgan fingerprint density at radius 3 is 2.56 bits per heavy atom. The highest BCUT2D eigenvalue weighted by Gasteiger charge is 2.34. The van der Waals surface area contributed by atoms with Crippen LogP contribution in [-0.4, -0.2) is 54.0 Å². The van der Waals surface area contributed by atoms with Crippen LogP contribution in [0.15, 0.2) is 0 Å². The molecule has 0 aromatic carbocycles. The van der Waals surface area contributed by atoms with Crippen molar-refractivity contribution >= 4 is 5.91 Å². The molecule has 0 bridgehead atoms. The van der Waals surface area contributed by atoms with Crippen LogP contribution in [0.4, 0.5) is 13.2 Å². The number of halogens is 3. The maximum absolute atomic E-state index is 11.9. The van der Waals surface area contributed by atoms with Gasteiger partial charge in [0.25, 0.3) is 5.91 Å². The van der Waals surface area contributed by atoms with Gasteiger partial charge in [0, 0.05) is 19.0 Å². The first kappa shape index (κ1) is 15.2. The van der Waals surface area contributed by atoms with Crippen molar-refractivity contribution in [2.75, 3.05) is 19.7 Å². The van der Waals surface area contributed by atoms with Gasteiger partial charge in [0.15, 0.2) is 0 Å². The highest BCUT2D eigenvalue weighted by Crippen LogP contribution is 2.21. The zero-order valence-corrected chi connectivity index (χ0v) is 10.4. The molecule has 0 spiro atoms. The molecular weight excluding hydrogens is 251 g/mol. The van der Waals surface area contributed by atoms with Crippen LogP contribution < -0.4 is 0 Å². The number of nitrogens with zero attached hydrogens (tertiary/aromatic N) is 1. The van der Waals surface area contributed by atoms with Crippen LogP contribution >= 0.6 is 0 Å². The largest absolute Gasteiger partial charge is 0.411 e. The molecule has 1 fully saturated rings. The van der Waals surface area contributed by atoms with E-state index in [4.69, 9.17) is 0 Å². The molecule has 0 aliphatic carbocycles. The Hall–Kier alpha value is -0.820. The maximum Gasteiger partial charge on any atom is 0.411 e. The minimum atomic E-state index is -4.43. The summed E-state index contributed by atoms with van der Waals surface area (Å²) in [5, 5.41) is 9.38. The van der Waals surface area contributed by atoms with Gasteiger partial charge in [0.2, 0.25) is 0 Å². The number of hydrogen-bond donors (Lipinski definition) is 1. The zero-order chi connectivity index (χ0) is 13.9. The van der Waals surface area contributed by atoms with E-state index in [1.165, 1.54) is 11.8 Å². The topological polar surface area (TPSA) is 49.8 Å². The molecule has 0 radical (unpaired) electrons. The Kier molecular flexibility index (Phi) is 4.98. The second-order valence-corrected chi connectivity index (χ2v) is 4.64. The molecule has 0 saturated carbocycles. The summed E-state index contributed by atoms with van der Waals surface area (Å²) >= 11 is 0. The molecule has 4 nitrogen and oxygen atoms in total. The van der Waals surface area contributed by atoms with Crippen molar-refractivity contribution in [1.82, 2.24) is 4.90 Å². The van der Waals surface area contributed by atoms with Crippen LogP contribution in [0.5, 0.6) is 0 Å². The highest BCUT2D eigenvalue weighted by molar-refractivity contribution is 5.80. The number of aliphatic hydroxyl groups is 1. The number of likely N-dealkylation sites (tertiary alicyclic amines) is 1. The normalized spacial score (nSPS) is 24.1. The third-order valence-corrected chi connectivity index (χ3v) is 3.06. The van der Waals surface area contributed by atoms with Crippen molar-refractivity contribution in [2.24, 2.45) is 5.92 Å². The van der Waals surface area contributed by atoms with Gasteiger partial charge in [-0.05, 0) is 20.3 Å². The highest BCUT2D eigenvalue weighted by atomic mass is 19.4. The molecule has 1 aliphatic heterocycles. The Balaban J connectivity index is 2.41. The van der Waals surface area contributed by atoms with Crippen LogP contribution in [0.1, 0.15) is 20.3 Å². The van der Waals surface area contributed by atoms with Crippen molar-refractivity contribution in [3.05, 3.63) is 0 Å². The molecule has 1 aliphatic rings.